The molecule has 1 aliphatic heterocycles. The van der Waals surface area contributed by atoms with Gasteiger partial charge in [0.2, 0.25) is 0 Å². The highest BCUT2D eigenvalue weighted by molar-refractivity contribution is 5.37. The molecule has 22 heavy (non-hydrogen) atoms. The van der Waals surface area contributed by atoms with Crippen molar-refractivity contribution in [2.45, 2.75) is 18.6 Å². The van der Waals surface area contributed by atoms with Crippen molar-refractivity contribution in [2.75, 3.05) is 32.8 Å². The molecule has 1 aromatic rings. The Labute approximate surface area is 125 Å². The van der Waals surface area contributed by atoms with Crippen LogP contribution in [0.5, 0.6) is 5.75 Å². The van der Waals surface area contributed by atoms with Crippen molar-refractivity contribution >= 4 is 0 Å². The fourth-order valence-corrected chi connectivity index (χ4v) is 2.63. The van der Waals surface area contributed by atoms with Crippen LogP contribution in [0, 0.1) is 0 Å². The van der Waals surface area contributed by atoms with Crippen LogP contribution in [0.25, 0.3) is 0 Å². The first-order chi connectivity index (χ1) is 10.5. The van der Waals surface area contributed by atoms with Crippen molar-refractivity contribution in [1.82, 2.24) is 10.2 Å². The molecule has 0 aromatic heterocycles. The lowest BCUT2D eigenvalue weighted by molar-refractivity contribution is -0.120. The maximum atomic E-state index is 14.2. The summed E-state index contributed by atoms with van der Waals surface area (Å²) in [6.07, 6.45) is 0. The van der Waals surface area contributed by atoms with Crippen molar-refractivity contribution < 1.29 is 27.4 Å². The van der Waals surface area contributed by atoms with E-state index in [4.69, 9.17) is 5.11 Å². The molecule has 1 aliphatic rings. The third-order valence-corrected chi connectivity index (χ3v) is 3.56. The van der Waals surface area contributed by atoms with Gasteiger partial charge in [-0.05, 0) is 6.07 Å². The number of nitrogens with one attached hydrogen (secondary N) is 1. The summed E-state index contributed by atoms with van der Waals surface area (Å²) in [4.78, 5) is 1.47. The summed E-state index contributed by atoms with van der Waals surface area (Å²) in [7, 11) is 0. The molecule has 2 N–H and O–H groups in total. The molecule has 0 bridgehead atoms. The molecule has 0 amide bonds. The zero-order valence-corrected chi connectivity index (χ0v) is 11.8. The molecular weight excluding hydrogens is 304 g/mol. The van der Waals surface area contributed by atoms with E-state index in [9.17, 15) is 17.6 Å². The minimum absolute atomic E-state index is 0.0521. The van der Waals surface area contributed by atoms with Gasteiger partial charge in [0.05, 0.1) is 0 Å². The maximum absolute atomic E-state index is 14.2. The highest BCUT2D eigenvalue weighted by Crippen LogP contribution is 2.40. The summed E-state index contributed by atoms with van der Waals surface area (Å²) in [6, 6.07) is 3.95. The molecule has 124 valence electrons. The van der Waals surface area contributed by atoms with E-state index in [0.29, 0.717) is 26.2 Å². The van der Waals surface area contributed by atoms with Crippen molar-refractivity contribution in [3.63, 3.8) is 0 Å². The Bertz CT molecular complexity index is 482. The van der Waals surface area contributed by atoms with Crippen molar-refractivity contribution in [3.05, 3.63) is 29.8 Å². The summed E-state index contributed by atoms with van der Waals surface area (Å²) in [6.45, 7) is -2.81. The Hall–Kier alpha value is -1.38. The van der Waals surface area contributed by atoms with Crippen LogP contribution in [0.1, 0.15) is 11.6 Å². The Morgan fingerprint density at radius 3 is 2.45 bits per heavy atom. The summed E-state index contributed by atoms with van der Waals surface area (Å²) in [5, 5.41) is 12.1. The number of alkyl halides is 4. The Morgan fingerprint density at radius 2 is 1.86 bits per heavy atom. The third kappa shape index (κ3) is 3.88. The van der Waals surface area contributed by atoms with Crippen molar-refractivity contribution in [1.29, 1.82) is 0 Å². The summed E-state index contributed by atoms with van der Waals surface area (Å²) >= 11 is 0. The molecule has 1 aromatic carbocycles. The SMILES string of the molecule is OCC(F)(F)[C@H](c1ccccc1OC(F)F)N1CCNCC1. The maximum Gasteiger partial charge on any atom is 0.387 e. The van der Waals surface area contributed by atoms with Gasteiger partial charge in [0, 0.05) is 31.7 Å². The quantitative estimate of drug-likeness (QED) is 0.785. The third-order valence-electron chi connectivity index (χ3n) is 3.56. The van der Waals surface area contributed by atoms with Gasteiger partial charge in [0.15, 0.2) is 0 Å². The molecule has 0 unspecified atom stereocenters. The van der Waals surface area contributed by atoms with Crippen LogP contribution < -0.4 is 10.1 Å². The first kappa shape index (κ1) is 17.0. The van der Waals surface area contributed by atoms with Crippen LogP contribution in [-0.2, 0) is 0 Å². The van der Waals surface area contributed by atoms with E-state index in [-0.39, 0.29) is 11.3 Å². The van der Waals surface area contributed by atoms with Gasteiger partial charge in [-0.1, -0.05) is 18.2 Å². The van der Waals surface area contributed by atoms with Gasteiger partial charge in [0.25, 0.3) is 5.92 Å². The van der Waals surface area contributed by atoms with E-state index in [1.165, 1.54) is 29.2 Å². The number of nitrogens with zero attached hydrogens (tertiary/aromatic N) is 1. The normalized spacial score (nSPS) is 18.5. The van der Waals surface area contributed by atoms with Gasteiger partial charge in [-0.15, -0.1) is 0 Å². The molecule has 1 atom stereocenters. The molecule has 1 heterocycles. The van der Waals surface area contributed by atoms with Crippen LogP contribution in [0.2, 0.25) is 0 Å². The fourth-order valence-electron chi connectivity index (χ4n) is 2.63. The number of benzene rings is 1. The highest BCUT2D eigenvalue weighted by Gasteiger charge is 2.45. The molecule has 4 nitrogen and oxygen atoms in total. The lowest BCUT2D eigenvalue weighted by Crippen LogP contribution is -2.51. The van der Waals surface area contributed by atoms with E-state index >= 15 is 0 Å². The average molecular weight is 322 g/mol. The van der Waals surface area contributed by atoms with E-state index in [2.05, 4.69) is 10.1 Å². The Morgan fingerprint density at radius 1 is 1.23 bits per heavy atom. The molecule has 0 radical (unpaired) electrons. The number of aliphatic hydroxyl groups excluding tert-OH is 1. The monoisotopic (exact) mass is 322 g/mol. The zero-order valence-electron chi connectivity index (χ0n) is 11.8. The van der Waals surface area contributed by atoms with E-state index < -0.39 is 25.2 Å². The number of halogens is 4. The first-order valence-corrected chi connectivity index (χ1v) is 6.93. The number of para-hydroxylation sites is 1. The lowest BCUT2D eigenvalue weighted by Gasteiger charge is -2.39. The smallest absolute Gasteiger partial charge is 0.387 e. The van der Waals surface area contributed by atoms with Gasteiger partial charge in [0.1, 0.15) is 18.4 Å². The standard InChI is InChI=1S/C14H18F4N2O2/c15-13(16)22-11-4-2-1-3-10(11)12(14(17,18)9-21)20-7-5-19-6-8-20/h1-4,12-13,19,21H,5-9H2/t12-/m0/s1. The first-order valence-electron chi connectivity index (χ1n) is 6.93. The fraction of sp³-hybridized carbons (Fsp3) is 0.571. The summed E-state index contributed by atoms with van der Waals surface area (Å²) in [5.74, 6) is -3.77. The molecular formula is C14H18F4N2O2. The van der Waals surface area contributed by atoms with Crippen molar-refractivity contribution in [2.24, 2.45) is 0 Å². The molecule has 2 rings (SSSR count). The zero-order chi connectivity index (χ0) is 16.2. The average Bonchev–Trinajstić information content (AvgIpc) is 2.49. The van der Waals surface area contributed by atoms with Gasteiger partial charge in [-0.2, -0.15) is 8.78 Å². The van der Waals surface area contributed by atoms with Gasteiger partial charge < -0.3 is 15.2 Å². The predicted octanol–water partition coefficient (Wildman–Crippen LogP) is 1.86. The number of hydrogen-bond acceptors (Lipinski definition) is 4. The molecule has 0 aliphatic carbocycles. The molecule has 1 saturated heterocycles. The minimum atomic E-state index is -3.47. The second kappa shape index (κ2) is 7.26. The highest BCUT2D eigenvalue weighted by atomic mass is 19.3. The Balaban J connectivity index is 2.40. The van der Waals surface area contributed by atoms with Gasteiger partial charge in [-0.25, -0.2) is 8.78 Å². The number of rotatable bonds is 6. The second-order valence-electron chi connectivity index (χ2n) is 5.02. The molecule has 0 saturated carbocycles. The van der Waals surface area contributed by atoms with E-state index in [0.717, 1.165) is 0 Å². The number of hydrogen-bond donors (Lipinski definition) is 2. The predicted molar refractivity (Wildman–Crippen MR) is 72.3 cm³/mol. The number of aliphatic hydroxyl groups is 1. The largest absolute Gasteiger partial charge is 0.434 e. The number of ether oxygens (including phenoxy) is 1. The van der Waals surface area contributed by atoms with Gasteiger partial charge >= 0.3 is 6.61 Å². The van der Waals surface area contributed by atoms with Gasteiger partial charge in [-0.3, -0.25) is 4.90 Å². The number of piperazine rings is 1. The summed E-state index contributed by atoms with van der Waals surface area (Å²) in [5.41, 5.74) is -0.0521. The second-order valence-corrected chi connectivity index (χ2v) is 5.02. The van der Waals surface area contributed by atoms with Crippen LogP contribution >= 0.6 is 0 Å². The van der Waals surface area contributed by atoms with Crippen LogP contribution in [-0.4, -0.2) is 55.3 Å². The minimum Gasteiger partial charge on any atom is -0.434 e. The Kier molecular flexibility index (Phi) is 5.60. The van der Waals surface area contributed by atoms with Crippen LogP contribution in [0.15, 0.2) is 24.3 Å². The molecule has 1 fully saturated rings. The molecule has 0 spiro atoms. The topological polar surface area (TPSA) is 44.7 Å². The van der Waals surface area contributed by atoms with E-state index in [1.807, 2.05) is 0 Å². The molecule has 8 heteroatoms. The van der Waals surface area contributed by atoms with Crippen LogP contribution in [0.4, 0.5) is 17.6 Å². The van der Waals surface area contributed by atoms with Crippen molar-refractivity contribution in [3.8, 4) is 5.75 Å². The lowest BCUT2D eigenvalue weighted by atomic mass is 9.97. The van der Waals surface area contributed by atoms with E-state index in [1.54, 1.807) is 0 Å². The van der Waals surface area contributed by atoms with Crippen LogP contribution in [0.3, 0.4) is 0 Å². The summed E-state index contributed by atoms with van der Waals surface area (Å²) < 4.78 is 57.9.